The van der Waals surface area contributed by atoms with E-state index in [0.717, 1.165) is 12.1 Å². The number of benzene rings is 1. The largest absolute Gasteiger partial charge is 0.343 e. The number of nitrogens with zero attached hydrogens (tertiary/aromatic N) is 1. The molecule has 0 radical (unpaired) electrons. The second-order valence-corrected chi connectivity index (χ2v) is 4.13. The number of aromatic nitrogens is 1. The van der Waals surface area contributed by atoms with Crippen LogP contribution in [0.25, 0.3) is 10.9 Å². The Balaban J connectivity index is 2.50. The van der Waals surface area contributed by atoms with Crippen molar-refractivity contribution in [3.63, 3.8) is 0 Å². The second kappa shape index (κ2) is 4.11. The average molecular weight is 220 g/mol. The Kier molecular flexibility index (Phi) is 2.83. The zero-order valence-electron chi connectivity index (χ0n) is 9.00. The van der Waals surface area contributed by atoms with E-state index in [0.29, 0.717) is 0 Å². The Morgan fingerprint density at radius 3 is 2.93 bits per heavy atom. The minimum absolute atomic E-state index is 0.858. The number of halogens is 1. The number of hydrogen-bond donors (Lipinski definition) is 0. The molecule has 1 aromatic carbocycles. The summed E-state index contributed by atoms with van der Waals surface area (Å²) in [4.78, 5) is 0. The summed E-state index contributed by atoms with van der Waals surface area (Å²) >= 11 is 5.68. The normalized spacial score (nSPS) is 12.3. The van der Waals surface area contributed by atoms with Gasteiger partial charge in [-0.1, -0.05) is 23.7 Å². The SMILES string of the molecule is C/C(=C/Cl)Cn1ccc2c(C)cccc21. The van der Waals surface area contributed by atoms with Crippen LogP contribution >= 0.6 is 11.6 Å². The molecule has 0 bridgehead atoms. The summed E-state index contributed by atoms with van der Waals surface area (Å²) in [5, 5.41) is 1.32. The minimum atomic E-state index is 0.858. The van der Waals surface area contributed by atoms with Crippen molar-refractivity contribution >= 4 is 22.5 Å². The summed E-state index contributed by atoms with van der Waals surface area (Å²) in [7, 11) is 0. The van der Waals surface area contributed by atoms with Gasteiger partial charge in [0.1, 0.15) is 0 Å². The predicted octanol–water partition coefficient (Wildman–Crippen LogP) is 4.09. The summed E-state index contributed by atoms with van der Waals surface area (Å²) in [6, 6.07) is 8.53. The molecule has 1 nitrogen and oxygen atoms in total. The van der Waals surface area contributed by atoms with Crippen molar-refractivity contribution in [1.29, 1.82) is 0 Å². The zero-order chi connectivity index (χ0) is 10.8. The van der Waals surface area contributed by atoms with Crippen LogP contribution in [-0.2, 0) is 6.54 Å². The first kappa shape index (κ1) is 10.3. The highest BCUT2D eigenvalue weighted by molar-refractivity contribution is 6.25. The van der Waals surface area contributed by atoms with E-state index < -0.39 is 0 Å². The van der Waals surface area contributed by atoms with Gasteiger partial charge < -0.3 is 4.57 Å². The van der Waals surface area contributed by atoms with E-state index in [1.807, 2.05) is 6.92 Å². The average Bonchev–Trinajstić information content (AvgIpc) is 2.63. The van der Waals surface area contributed by atoms with Crippen LogP contribution in [0.5, 0.6) is 0 Å². The van der Waals surface area contributed by atoms with Gasteiger partial charge in [-0.3, -0.25) is 0 Å². The van der Waals surface area contributed by atoms with Crippen molar-refractivity contribution in [2.24, 2.45) is 0 Å². The Labute approximate surface area is 95.0 Å². The molecule has 15 heavy (non-hydrogen) atoms. The number of fused-ring (bicyclic) bond motifs is 1. The van der Waals surface area contributed by atoms with Crippen LogP contribution in [-0.4, -0.2) is 4.57 Å². The minimum Gasteiger partial charge on any atom is -0.343 e. The van der Waals surface area contributed by atoms with E-state index in [2.05, 4.69) is 42.0 Å². The van der Waals surface area contributed by atoms with Crippen LogP contribution < -0.4 is 0 Å². The van der Waals surface area contributed by atoms with Gasteiger partial charge >= 0.3 is 0 Å². The van der Waals surface area contributed by atoms with E-state index in [4.69, 9.17) is 11.6 Å². The predicted molar refractivity (Wildman–Crippen MR) is 66.3 cm³/mol. The molecule has 0 aliphatic heterocycles. The van der Waals surface area contributed by atoms with Gasteiger partial charge in [0.2, 0.25) is 0 Å². The summed E-state index contributed by atoms with van der Waals surface area (Å²) in [6.07, 6.45) is 2.11. The summed E-state index contributed by atoms with van der Waals surface area (Å²) in [5.41, 5.74) is 5.39. The molecule has 2 aromatic rings. The van der Waals surface area contributed by atoms with Crippen LogP contribution in [0.15, 0.2) is 41.6 Å². The molecule has 1 aromatic heterocycles. The number of hydrogen-bond acceptors (Lipinski definition) is 0. The third-order valence-electron chi connectivity index (χ3n) is 2.64. The van der Waals surface area contributed by atoms with Crippen molar-refractivity contribution in [1.82, 2.24) is 4.57 Å². The lowest BCUT2D eigenvalue weighted by atomic mass is 10.1. The molecule has 0 aliphatic carbocycles. The summed E-state index contributed by atoms with van der Waals surface area (Å²) in [5.74, 6) is 0. The molecular formula is C13H14ClN. The van der Waals surface area contributed by atoms with Gasteiger partial charge in [-0.15, -0.1) is 0 Å². The van der Waals surface area contributed by atoms with Gasteiger partial charge in [-0.05, 0) is 37.1 Å². The van der Waals surface area contributed by atoms with Crippen molar-refractivity contribution in [3.8, 4) is 0 Å². The molecule has 0 unspecified atom stereocenters. The highest BCUT2D eigenvalue weighted by atomic mass is 35.5. The molecule has 0 atom stereocenters. The van der Waals surface area contributed by atoms with Crippen LogP contribution in [0.1, 0.15) is 12.5 Å². The fraction of sp³-hybridized carbons (Fsp3) is 0.231. The first-order valence-electron chi connectivity index (χ1n) is 5.02. The van der Waals surface area contributed by atoms with E-state index in [1.54, 1.807) is 5.54 Å². The number of allylic oxidation sites excluding steroid dienone is 1. The van der Waals surface area contributed by atoms with Gasteiger partial charge in [0.25, 0.3) is 0 Å². The lowest BCUT2D eigenvalue weighted by molar-refractivity contribution is 0.821. The second-order valence-electron chi connectivity index (χ2n) is 3.91. The van der Waals surface area contributed by atoms with Crippen LogP contribution in [0.2, 0.25) is 0 Å². The molecule has 2 heteroatoms. The monoisotopic (exact) mass is 219 g/mol. The quantitative estimate of drug-likeness (QED) is 0.717. The zero-order valence-corrected chi connectivity index (χ0v) is 9.75. The Morgan fingerprint density at radius 2 is 2.20 bits per heavy atom. The topological polar surface area (TPSA) is 4.93 Å². The van der Waals surface area contributed by atoms with Crippen LogP contribution in [0, 0.1) is 6.92 Å². The van der Waals surface area contributed by atoms with Crippen molar-refractivity contribution in [2.45, 2.75) is 20.4 Å². The summed E-state index contributed by atoms with van der Waals surface area (Å²) < 4.78 is 2.22. The van der Waals surface area contributed by atoms with E-state index >= 15 is 0 Å². The first-order valence-corrected chi connectivity index (χ1v) is 5.46. The van der Waals surface area contributed by atoms with Crippen LogP contribution in [0.3, 0.4) is 0 Å². The Hall–Kier alpha value is -1.21. The van der Waals surface area contributed by atoms with E-state index in [-0.39, 0.29) is 0 Å². The molecule has 0 spiro atoms. The van der Waals surface area contributed by atoms with Crippen molar-refractivity contribution in [3.05, 3.63) is 47.1 Å². The molecular weight excluding hydrogens is 206 g/mol. The van der Waals surface area contributed by atoms with Gasteiger partial charge in [0, 0.05) is 29.2 Å². The highest BCUT2D eigenvalue weighted by Gasteiger charge is 2.02. The fourth-order valence-electron chi connectivity index (χ4n) is 1.82. The van der Waals surface area contributed by atoms with Crippen molar-refractivity contribution < 1.29 is 0 Å². The lowest BCUT2D eigenvalue weighted by Crippen LogP contribution is -1.96. The molecule has 2 rings (SSSR count). The van der Waals surface area contributed by atoms with E-state index in [9.17, 15) is 0 Å². The van der Waals surface area contributed by atoms with Crippen LogP contribution in [0.4, 0.5) is 0 Å². The number of rotatable bonds is 2. The molecule has 0 fully saturated rings. The lowest BCUT2D eigenvalue weighted by Gasteiger charge is -2.05. The highest BCUT2D eigenvalue weighted by Crippen LogP contribution is 2.20. The van der Waals surface area contributed by atoms with E-state index in [1.165, 1.54) is 16.5 Å². The maximum absolute atomic E-state index is 5.68. The Bertz CT molecular complexity index is 508. The molecule has 78 valence electrons. The third kappa shape index (κ3) is 1.93. The van der Waals surface area contributed by atoms with Gasteiger partial charge in [0.15, 0.2) is 0 Å². The summed E-state index contributed by atoms with van der Waals surface area (Å²) in [6.45, 7) is 5.03. The number of aryl methyl sites for hydroxylation is 1. The molecule has 0 saturated heterocycles. The molecule has 0 aliphatic rings. The maximum atomic E-state index is 5.68. The molecule has 0 N–H and O–H groups in total. The molecule has 0 saturated carbocycles. The molecule has 0 amide bonds. The smallest absolute Gasteiger partial charge is 0.0485 e. The van der Waals surface area contributed by atoms with Gasteiger partial charge in [-0.2, -0.15) is 0 Å². The third-order valence-corrected chi connectivity index (χ3v) is 3.01. The van der Waals surface area contributed by atoms with Gasteiger partial charge in [-0.25, -0.2) is 0 Å². The standard InChI is InChI=1S/C13H14ClN/c1-10(8-14)9-15-7-6-12-11(2)4-3-5-13(12)15/h3-8H,9H2,1-2H3/b10-8-. The molecule has 1 heterocycles. The first-order chi connectivity index (χ1) is 7.22. The Morgan fingerprint density at radius 1 is 1.40 bits per heavy atom. The van der Waals surface area contributed by atoms with Gasteiger partial charge in [0.05, 0.1) is 0 Å². The fourth-order valence-corrected chi connectivity index (χ4v) is 1.89. The van der Waals surface area contributed by atoms with Crippen molar-refractivity contribution in [2.75, 3.05) is 0 Å². The maximum Gasteiger partial charge on any atom is 0.0485 e.